The highest BCUT2D eigenvalue weighted by Gasteiger charge is 2.37. The molecular formula is C16H20N2O2. The molecule has 0 aromatic heterocycles. The molecule has 0 aliphatic carbocycles. The molecule has 4 nitrogen and oxygen atoms in total. The van der Waals surface area contributed by atoms with Gasteiger partial charge in [0, 0.05) is 31.7 Å². The Balaban J connectivity index is 1.71. The van der Waals surface area contributed by atoms with E-state index < -0.39 is 0 Å². The van der Waals surface area contributed by atoms with Crippen molar-refractivity contribution in [2.45, 2.75) is 26.2 Å². The number of rotatable bonds is 2. The molecule has 2 saturated heterocycles. The van der Waals surface area contributed by atoms with E-state index in [9.17, 15) is 9.59 Å². The normalized spacial score (nSPS) is 22.6. The summed E-state index contributed by atoms with van der Waals surface area (Å²) in [7, 11) is 0. The molecule has 2 heterocycles. The first-order valence-corrected chi connectivity index (χ1v) is 7.31. The van der Waals surface area contributed by atoms with E-state index in [1.54, 1.807) is 4.90 Å². The summed E-state index contributed by atoms with van der Waals surface area (Å²) >= 11 is 0. The van der Waals surface area contributed by atoms with Gasteiger partial charge in [0.05, 0.1) is 5.92 Å². The molecule has 1 atom stereocenters. The van der Waals surface area contributed by atoms with Crippen LogP contribution >= 0.6 is 0 Å². The number of hydrogen-bond donors (Lipinski definition) is 0. The van der Waals surface area contributed by atoms with E-state index in [0.717, 1.165) is 31.6 Å². The first-order valence-electron chi connectivity index (χ1n) is 7.31. The molecule has 2 aliphatic rings. The zero-order valence-corrected chi connectivity index (χ0v) is 11.8. The second kappa shape index (κ2) is 5.27. The molecule has 0 radical (unpaired) electrons. The van der Waals surface area contributed by atoms with Gasteiger partial charge in [-0.1, -0.05) is 17.7 Å². The maximum atomic E-state index is 12.4. The number of carbonyl (C=O) groups excluding carboxylic acids is 2. The number of hydrogen-bond acceptors (Lipinski definition) is 2. The van der Waals surface area contributed by atoms with E-state index in [0.29, 0.717) is 13.0 Å². The lowest BCUT2D eigenvalue weighted by Gasteiger charge is -2.20. The molecule has 2 fully saturated rings. The van der Waals surface area contributed by atoms with Crippen molar-refractivity contribution in [3.05, 3.63) is 29.8 Å². The highest BCUT2D eigenvalue weighted by Crippen LogP contribution is 2.27. The summed E-state index contributed by atoms with van der Waals surface area (Å²) < 4.78 is 0. The number of benzene rings is 1. The summed E-state index contributed by atoms with van der Waals surface area (Å²) in [5, 5.41) is 0. The van der Waals surface area contributed by atoms with Gasteiger partial charge in [-0.2, -0.15) is 0 Å². The number of nitrogens with zero attached hydrogens (tertiary/aromatic N) is 2. The van der Waals surface area contributed by atoms with Crippen LogP contribution < -0.4 is 4.90 Å². The first kappa shape index (κ1) is 13.2. The topological polar surface area (TPSA) is 40.6 Å². The van der Waals surface area contributed by atoms with Gasteiger partial charge in [-0.25, -0.2) is 0 Å². The molecule has 0 spiro atoms. The van der Waals surface area contributed by atoms with E-state index in [2.05, 4.69) is 0 Å². The van der Waals surface area contributed by atoms with Crippen LogP contribution in [0.5, 0.6) is 0 Å². The van der Waals surface area contributed by atoms with Gasteiger partial charge in [0.1, 0.15) is 0 Å². The van der Waals surface area contributed by atoms with Crippen LogP contribution in [0.15, 0.2) is 24.3 Å². The summed E-state index contributed by atoms with van der Waals surface area (Å²) in [6.07, 6.45) is 2.53. The van der Waals surface area contributed by atoms with E-state index in [4.69, 9.17) is 0 Å². The molecule has 2 amide bonds. The minimum Gasteiger partial charge on any atom is -0.342 e. The Morgan fingerprint density at radius 2 is 1.80 bits per heavy atom. The minimum absolute atomic E-state index is 0.0615. The Labute approximate surface area is 119 Å². The zero-order chi connectivity index (χ0) is 14.1. The third-order valence-electron chi connectivity index (χ3n) is 4.24. The van der Waals surface area contributed by atoms with Crippen molar-refractivity contribution in [3.63, 3.8) is 0 Å². The molecule has 0 saturated carbocycles. The van der Waals surface area contributed by atoms with Gasteiger partial charge >= 0.3 is 0 Å². The monoisotopic (exact) mass is 272 g/mol. The molecule has 106 valence electrons. The van der Waals surface area contributed by atoms with Gasteiger partial charge in [0.15, 0.2) is 0 Å². The van der Waals surface area contributed by atoms with Crippen molar-refractivity contribution in [2.75, 3.05) is 24.5 Å². The van der Waals surface area contributed by atoms with Gasteiger partial charge in [-0.3, -0.25) is 9.59 Å². The molecule has 3 rings (SSSR count). The summed E-state index contributed by atoms with van der Waals surface area (Å²) in [5.74, 6) is 0.0544. The predicted octanol–water partition coefficient (Wildman–Crippen LogP) is 1.97. The van der Waals surface area contributed by atoms with Gasteiger partial charge in [-0.05, 0) is 31.9 Å². The molecule has 0 bridgehead atoms. The SMILES string of the molecule is Cc1ccc(N2CC(C(=O)N3CCCC3)CC2=O)cc1. The summed E-state index contributed by atoms with van der Waals surface area (Å²) in [5.41, 5.74) is 2.07. The van der Waals surface area contributed by atoms with Crippen molar-refractivity contribution in [1.29, 1.82) is 0 Å². The highest BCUT2D eigenvalue weighted by atomic mass is 16.2. The number of amides is 2. The van der Waals surface area contributed by atoms with Crippen LogP contribution in [0, 0.1) is 12.8 Å². The largest absolute Gasteiger partial charge is 0.342 e. The fourth-order valence-corrected chi connectivity index (χ4v) is 3.04. The molecule has 0 N–H and O–H groups in total. The van der Waals surface area contributed by atoms with Crippen LogP contribution in [-0.2, 0) is 9.59 Å². The third kappa shape index (κ3) is 2.42. The quantitative estimate of drug-likeness (QED) is 0.826. The Morgan fingerprint density at radius 1 is 1.15 bits per heavy atom. The molecule has 4 heteroatoms. The van der Waals surface area contributed by atoms with Gasteiger partial charge in [0.2, 0.25) is 11.8 Å². The average molecular weight is 272 g/mol. The number of anilines is 1. The van der Waals surface area contributed by atoms with Crippen LogP contribution in [0.1, 0.15) is 24.8 Å². The number of likely N-dealkylation sites (tertiary alicyclic amines) is 1. The average Bonchev–Trinajstić information content (AvgIpc) is 3.08. The molecule has 2 aliphatic heterocycles. The highest BCUT2D eigenvalue weighted by molar-refractivity contribution is 6.00. The fourth-order valence-electron chi connectivity index (χ4n) is 3.04. The van der Waals surface area contributed by atoms with Gasteiger partial charge in [0.25, 0.3) is 0 Å². The van der Waals surface area contributed by atoms with E-state index in [1.165, 1.54) is 5.56 Å². The number of carbonyl (C=O) groups is 2. The summed E-state index contributed by atoms with van der Waals surface area (Å²) in [4.78, 5) is 28.2. The fraction of sp³-hybridized carbons (Fsp3) is 0.500. The maximum absolute atomic E-state index is 12.4. The molecular weight excluding hydrogens is 252 g/mol. The van der Waals surface area contributed by atoms with Crippen molar-refractivity contribution in [1.82, 2.24) is 4.90 Å². The first-order chi connectivity index (χ1) is 9.65. The van der Waals surface area contributed by atoms with Crippen molar-refractivity contribution in [2.24, 2.45) is 5.92 Å². The molecule has 1 unspecified atom stereocenters. The summed E-state index contributed by atoms with van der Waals surface area (Å²) in [6.45, 7) is 4.26. The van der Waals surface area contributed by atoms with Crippen molar-refractivity contribution >= 4 is 17.5 Å². The van der Waals surface area contributed by atoms with Gasteiger partial charge in [-0.15, -0.1) is 0 Å². The van der Waals surface area contributed by atoms with Crippen molar-refractivity contribution in [3.8, 4) is 0 Å². The molecule has 20 heavy (non-hydrogen) atoms. The third-order valence-corrected chi connectivity index (χ3v) is 4.24. The summed E-state index contributed by atoms with van der Waals surface area (Å²) in [6, 6.07) is 7.91. The zero-order valence-electron chi connectivity index (χ0n) is 11.8. The predicted molar refractivity (Wildman–Crippen MR) is 77.5 cm³/mol. The number of aryl methyl sites for hydroxylation is 1. The standard InChI is InChI=1S/C16H20N2O2/c1-12-4-6-14(7-5-12)18-11-13(10-15(18)19)16(20)17-8-2-3-9-17/h4-7,13H,2-3,8-11H2,1H3. The van der Waals surface area contributed by atoms with E-state index in [-0.39, 0.29) is 17.7 Å². The molecule has 1 aromatic rings. The maximum Gasteiger partial charge on any atom is 0.228 e. The van der Waals surface area contributed by atoms with Crippen LogP contribution in [0.3, 0.4) is 0 Å². The lowest BCUT2D eigenvalue weighted by Crippen LogP contribution is -2.35. The lowest BCUT2D eigenvalue weighted by molar-refractivity contribution is -0.134. The Kier molecular flexibility index (Phi) is 3.47. The van der Waals surface area contributed by atoms with Gasteiger partial charge < -0.3 is 9.80 Å². The van der Waals surface area contributed by atoms with Crippen LogP contribution in [0.25, 0.3) is 0 Å². The van der Waals surface area contributed by atoms with E-state index >= 15 is 0 Å². The van der Waals surface area contributed by atoms with Crippen molar-refractivity contribution < 1.29 is 9.59 Å². The van der Waals surface area contributed by atoms with Crippen LogP contribution in [0.2, 0.25) is 0 Å². The smallest absolute Gasteiger partial charge is 0.228 e. The van der Waals surface area contributed by atoms with E-state index in [1.807, 2.05) is 36.1 Å². The second-order valence-electron chi connectivity index (χ2n) is 5.77. The Hall–Kier alpha value is -1.84. The van der Waals surface area contributed by atoms with Crippen LogP contribution in [-0.4, -0.2) is 36.3 Å². The lowest BCUT2D eigenvalue weighted by atomic mass is 10.1. The Bertz CT molecular complexity index is 518. The minimum atomic E-state index is -0.165. The second-order valence-corrected chi connectivity index (χ2v) is 5.77. The Morgan fingerprint density at radius 3 is 2.45 bits per heavy atom. The molecule has 1 aromatic carbocycles. The van der Waals surface area contributed by atoms with Crippen LogP contribution in [0.4, 0.5) is 5.69 Å².